The highest BCUT2D eigenvalue weighted by Crippen LogP contribution is 2.26. The fourth-order valence-electron chi connectivity index (χ4n) is 3.35. The molecule has 2 aromatic heterocycles. The molecule has 0 radical (unpaired) electrons. The topological polar surface area (TPSA) is 46.5 Å². The van der Waals surface area contributed by atoms with Crippen LogP contribution in [0.25, 0.3) is 10.2 Å². The van der Waals surface area contributed by atoms with E-state index in [0.29, 0.717) is 13.1 Å². The summed E-state index contributed by atoms with van der Waals surface area (Å²) in [6.45, 7) is 5.62. The smallest absolute Gasteiger partial charge is 0.268 e. The van der Waals surface area contributed by atoms with Gasteiger partial charge in [0.1, 0.15) is 5.69 Å². The van der Waals surface area contributed by atoms with Crippen LogP contribution in [0.4, 0.5) is 0 Å². The number of halogens is 1. The number of rotatable bonds is 6. The van der Waals surface area contributed by atoms with E-state index in [2.05, 4.69) is 54.3 Å². The second-order valence-electron chi connectivity index (χ2n) is 6.62. The fraction of sp³-hybridized carbons (Fsp3) is 0.350. The Kier molecular flexibility index (Phi) is 5.92. The van der Waals surface area contributed by atoms with Gasteiger partial charge in [-0.2, -0.15) is 0 Å². The van der Waals surface area contributed by atoms with E-state index < -0.39 is 0 Å². The van der Waals surface area contributed by atoms with Gasteiger partial charge in [0.2, 0.25) is 0 Å². The van der Waals surface area contributed by atoms with Gasteiger partial charge in [0.25, 0.3) is 5.91 Å². The number of hydrogen-bond acceptors (Lipinski definition) is 4. The number of carbonyl (C=O) groups excluding carboxylic acids is 1. The normalized spacial score (nSPS) is 15.3. The van der Waals surface area contributed by atoms with Gasteiger partial charge in [0.05, 0.1) is 23.4 Å². The molecule has 1 aromatic carbocycles. The molecule has 0 saturated carbocycles. The van der Waals surface area contributed by atoms with Crippen molar-refractivity contribution in [1.29, 1.82) is 0 Å². The van der Waals surface area contributed by atoms with E-state index in [0.717, 1.165) is 53.2 Å². The quantitative estimate of drug-likeness (QED) is 0.627. The van der Waals surface area contributed by atoms with Gasteiger partial charge in [-0.15, -0.1) is 11.3 Å². The van der Waals surface area contributed by atoms with E-state index >= 15 is 0 Å². The molecule has 1 saturated heterocycles. The Bertz CT molecular complexity index is 913. The van der Waals surface area contributed by atoms with Crippen molar-refractivity contribution in [3.8, 4) is 0 Å². The number of carbonyl (C=O) groups is 1. The summed E-state index contributed by atoms with van der Waals surface area (Å²) in [5.74, 6) is -0.0104. The monoisotopic (exact) mass is 447 g/mol. The van der Waals surface area contributed by atoms with Gasteiger partial charge in [0, 0.05) is 37.2 Å². The number of hydrogen-bond donors (Lipinski definition) is 1. The molecule has 27 heavy (non-hydrogen) atoms. The third-order valence-corrected chi connectivity index (χ3v) is 6.21. The summed E-state index contributed by atoms with van der Waals surface area (Å²) < 4.78 is 9.68. The highest BCUT2D eigenvalue weighted by atomic mass is 79.9. The number of aromatic nitrogens is 1. The average Bonchev–Trinajstić information content (AvgIpc) is 3.27. The van der Waals surface area contributed by atoms with Gasteiger partial charge in [0.15, 0.2) is 0 Å². The number of amides is 1. The zero-order valence-corrected chi connectivity index (χ0v) is 17.4. The van der Waals surface area contributed by atoms with E-state index in [1.807, 2.05) is 18.2 Å². The van der Waals surface area contributed by atoms with Crippen LogP contribution in [0.2, 0.25) is 0 Å². The molecule has 5 nitrogen and oxygen atoms in total. The van der Waals surface area contributed by atoms with E-state index in [-0.39, 0.29) is 5.91 Å². The molecule has 0 aliphatic carbocycles. The number of nitrogens with zero attached hydrogens (tertiary/aromatic N) is 2. The van der Waals surface area contributed by atoms with Crippen molar-refractivity contribution in [2.45, 2.75) is 6.54 Å². The van der Waals surface area contributed by atoms with Crippen molar-refractivity contribution in [2.24, 2.45) is 0 Å². The predicted molar refractivity (Wildman–Crippen MR) is 113 cm³/mol. The first-order chi connectivity index (χ1) is 13.2. The van der Waals surface area contributed by atoms with Crippen LogP contribution in [0, 0.1) is 0 Å². The van der Waals surface area contributed by atoms with E-state index in [1.165, 1.54) is 5.56 Å². The minimum absolute atomic E-state index is 0.0104. The van der Waals surface area contributed by atoms with Crippen LogP contribution < -0.4 is 5.32 Å². The Morgan fingerprint density at radius 1 is 1.19 bits per heavy atom. The van der Waals surface area contributed by atoms with Crippen molar-refractivity contribution in [2.75, 3.05) is 39.4 Å². The van der Waals surface area contributed by atoms with Gasteiger partial charge in [-0.3, -0.25) is 9.69 Å². The maximum atomic E-state index is 12.8. The third-order valence-electron chi connectivity index (χ3n) is 4.83. The van der Waals surface area contributed by atoms with Crippen molar-refractivity contribution < 1.29 is 9.53 Å². The van der Waals surface area contributed by atoms with Gasteiger partial charge in [-0.25, -0.2) is 0 Å². The number of benzene rings is 1. The second kappa shape index (κ2) is 8.56. The molecule has 1 aliphatic heterocycles. The lowest BCUT2D eigenvalue weighted by Crippen LogP contribution is -2.41. The number of ether oxygens (including phenoxy) is 1. The minimum atomic E-state index is -0.0104. The molecule has 0 bridgehead atoms. The molecule has 0 unspecified atom stereocenters. The van der Waals surface area contributed by atoms with Crippen LogP contribution in [0.3, 0.4) is 0 Å². The Hall–Kier alpha value is -1.67. The van der Waals surface area contributed by atoms with Gasteiger partial charge in [-0.1, -0.05) is 28.1 Å². The minimum Gasteiger partial charge on any atom is -0.379 e. The summed E-state index contributed by atoms with van der Waals surface area (Å²) in [5, 5.41) is 5.16. The first-order valence-corrected chi connectivity index (χ1v) is 10.8. The van der Waals surface area contributed by atoms with Crippen LogP contribution in [0.1, 0.15) is 16.1 Å². The first-order valence-electron chi connectivity index (χ1n) is 9.10. The number of morpholine rings is 1. The van der Waals surface area contributed by atoms with Crippen molar-refractivity contribution in [3.05, 3.63) is 57.5 Å². The Morgan fingerprint density at radius 2 is 1.96 bits per heavy atom. The number of nitrogens with one attached hydrogen (secondary N) is 1. The Morgan fingerprint density at radius 3 is 2.74 bits per heavy atom. The van der Waals surface area contributed by atoms with Gasteiger partial charge < -0.3 is 14.6 Å². The Balaban J connectivity index is 1.47. The molecule has 4 rings (SSSR count). The van der Waals surface area contributed by atoms with Crippen LogP contribution in [-0.4, -0.2) is 54.8 Å². The summed E-state index contributed by atoms with van der Waals surface area (Å²) in [6.07, 6.45) is 0. The largest absolute Gasteiger partial charge is 0.379 e. The molecule has 3 heterocycles. The molecule has 0 spiro atoms. The lowest BCUT2D eigenvalue weighted by molar-refractivity contribution is 0.0383. The van der Waals surface area contributed by atoms with Gasteiger partial charge >= 0.3 is 0 Å². The van der Waals surface area contributed by atoms with Crippen molar-refractivity contribution >= 4 is 43.4 Å². The van der Waals surface area contributed by atoms with Crippen LogP contribution in [0.15, 0.2) is 46.3 Å². The zero-order valence-electron chi connectivity index (χ0n) is 15.0. The summed E-state index contributed by atoms with van der Waals surface area (Å²) in [6, 6.07) is 12.3. The Labute approximate surface area is 171 Å². The summed E-state index contributed by atoms with van der Waals surface area (Å²) >= 11 is 5.14. The van der Waals surface area contributed by atoms with Gasteiger partial charge in [-0.05, 0) is 35.2 Å². The van der Waals surface area contributed by atoms with Crippen molar-refractivity contribution in [3.63, 3.8) is 0 Å². The summed E-state index contributed by atoms with van der Waals surface area (Å²) in [7, 11) is 0. The lowest BCUT2D eigenvalue weighted by atomic mass is 10.2. The maximum Gasteiger partial charge on any atom is 0.268 e. The second-order valence-corrected chi connectivity index (χ2v) is 8.49. The third kappa shape index (κ3) is 4.43. The molecule has 1 N–H and O–H groups in total. The van der Waals surface area contributed by atoms with E-state index in [4.69, 9.17) is 4.74 Å². The van der Waals surface area contributed by atoms with Crippen molar-refractivity contribution in [1.82, 2.24) is 14.8 Å². The molecule has 1 aliphatic rings. The average molecular weight is 448 g/mol. The lowest BCUT2D eigenvalue weighted by Gasteiger charge is -2.26. The van der Waals surface area contributed by atoms with Crippen LogP contribution >= 0.6 is 27.3 Å². The number of thiophene rings is 1. The molecular weight excluding hydrogens is 426 g/mol. The van der Waals surface area contributed by atoms with E-state index in [1.54, 1.807) is 11.3 Å². The van der Waals surface area contributed by atoms with Crippen LogP contribution in [0.5, 0.6) is 0 Å². The molecule has 1 fully saturated rings. The van der Waals surface area contributed by atoms with Crippen LogP contribution in [-0.2, 0) is 11.3 Å². The molecule has 1 amide bonds. The standard InChI is InChI=1S/C20H22BrN3O2S/c21-16-3-1-15(2-4-16)14-24-17-5-12-27-19(17)13-18(24)20(25)22-6-7-23-8-10-26-11-9-23/h1-5,12-13H,6-11,14H2,(H,22,25). The molecule has 3 aromatic rings. The van der Waals surface area contributed by atoms with E-state index in [9.17, 15) is 4.79 Å². The molecule has 0 atom stereocenters. The first kappa shape index (κ1) is 18.7. The zero-order chi connectivity index (χ0) is 18.6. The maximum absolute atomic E-state index is 12.8. The number of fused-ring (bicyclic) bond motifs is 1. The fourth-order valence-corrected chi connectivity index (χ4v) is 4.44. The predicted octanol–water partition coefficient (Wildman–Crippen LogP) is 3.58. The summed E-state index contributed by atoms with van der Waals surface area (Å²) in [4.78, 5) is 15.2. The highest BCUT2D eigenvalue weighted by molar-refractivity contribution is 9.10. The molecule has 142 valence electrons. The highest BCUT2D eigenvalue weighted by Gasteiger charge is 2.17. The summed E-state index contributed by atoms with van der Waals surface area (Å²) in [5.41, 5.74) is 3.01. The molecule has 7 heteroatoms. The molecular formula is C20H22BrN3O2S. The SMILES string of the molecule is O=C(NCCN1CCOCC1)c1cc2sccc2n1Cc1ccc(Br)cc1.